The van der Waals surface area contributed by atoms with Gasteiger partial charge in [-0.2, -0.15) is 0 Å². The fourth-order valence-corrected chi connectivity index (χ4v) is 5.74. The number of rotatable bonds is 30. The first kappa shape index (κ1) is 44.2. The number of piperidine rings is 1. The highest BCUT2D eigenvalue weighted by Gasteiger charge is 2.45. The number of nitrogens with one attached hydrogen (secondary N) is 2. The van der Waals surface area contributed by atoms with Crippen LogP contribution in [0.1, 0.15) is 59.2 Å². The van der Waals surface area contributed by atoms with E-state index in [0.717, 1.165) is 17.7 Å². The molecule has 0 aliphatic carbocycles. The number of benzene rings is 2. The second kappa shape index (κ2) is 25.6. The normalized spacial score (nSPS) is 15.3. The lowest BCUT2D eigenvalue weighted by atomic mass is 10.0. The number of nitrogen functional groups attached to an aromatic ring is 1. The van der Waals surface area contributed by atoms with Crippen molar-refractivity contribution in [3.63, 3.8) is 0 Å². The number of fused-ring (bicyclic) bond motifs is 1. The quantitative estimate of drug-likeness (QED) is 0.0590. The Morgan fingerprint density at radius 1 is 0.661 bits per heavy atom. The van der Waals surface area contributed by atoms with Crippen LogP contribution in [0.15, 0.2) is 42.5 Å². The molecule has 2 aromatic carbocycles. The number of amides is 5. The molecule has 1 saturated heterocycles. The maximum atomic E-state index is 13.2. The minimum atomic E-state index is -1.07. The van der Waals surface area contributed by atoms with Gasteiger partial charge in [0.1, 0.15) is 18.4 Å². The molecule has 0 saturated carbocycles. The predicted molar refractivity (Wildman–Crippen MR) is 202 cm³/mol. The van der Waals surface area contributed by atoms with Gasteiger partial charge >= 0.3 is 0 Å². The van der Waals surface area contributed by atoms with Crippen molar-refractivity contribution >= 4 is 40.9 Å². The lowest BCUT2D eigenvalue weighted by Gasteiger charge is -2.27. The molecule has 4 rings (SSSR count). The molecule has 1 fully saturated rings. The van der Waals surface area contributed by atoms with Crippen molar-refractivity contribution < 1.29 is 61.9 Å². The number of para-hydroxylation sites is 2. The molecule has 56 heavy (non-hydrogen) atoms. The zero-order chi connectivity index (χ0) is 39.8. The number of ether oxygens (including phenoxy) is 8. The van der Waals surface area contributed by atoms with Crippen molar-refractivity contribution in [2.45, 2.75) is 44.6 Å². The second-order valence-electron chi connectivity index (χ2n) is 12.7. The van der Waals surface area contributed by atoms with Gasteiger partial charge in [0, 0.05) is 19.4 Å². The van der Waals surface area contributed by atoms with Crippen LogP contribution in [0.5, 0.6) is 5.75 Å². The Morgan fingerprint density at radius 3 is 1.79 bits per heavy atom. The standard InChI is InChI=1S/C39H54N4O13/c40-30-8-3-4-10-33(30)56-28-27-55-26-25-54-24-23-53-22-21-52-20-19-51-18-17-50-16-15-49-14-5-1-2-11-34(44)41-31-9-6-7-29-36(31)39(48)43(38(29)47)32-12-13-35(45)42-37(32)46/h3-4,6-10,32H,1-2,5,11-28,40H2,(H,41,44)(H,42,45,46). The smallest absolute Gasteiger partial charge is 0.264 e. The summed E-state index contributed by atoms with van der Waals surface area (Å²) in [6.45, 7) is 6.94. The third-order valence-corrected chi connectivity index (χ3v) is 8.57. The molecular formula is C39H54N4O13. The van der Waals surface area contributed by atoms with Gasteiger partial charge in [-0.15, -0.1) is 0 Å². The van der Waals surface area contributed by atoms with Crippen molar-refractivity contribution in [2.75, 3.05) is 110 Å². The molecular weight excluding hydrogens is 732 g/mol. The summed E-state index contributed by atoms with van der Waals surface area (Å²) in [6, 6.07) is 10.9. The summed E-state index contributed by atoms with van der Waals surface area (Å²) in [5.41, 5.74) is 6.81. The average Bonchev–Trinajstić information content (AvgIpc) is 3.44. The number of imide groups is 2. The molecule has 5 amide bonds. The van der Waals surface area contributed by atoms with Gasteiger partial charge in [0.15, 0.2) is 0 Å². The Kier molecular flexibility index (Phi) is 20.2. The largest absolute Gasteiger partial charge is 0.489 e. The van der Waals surface area contributed by atoms with Crippen LogP contribution in [-0.2, 0) is 47.5 Å². The van der Waals surface area contributed by atoms with E-state index in [9.17, 15) is 24.0 Å². The van der Waals surface area contributed by atoms with Gasteiger partial charge in [0.25, 0.3) is 11.8 Å². The van der Waals surface area contributed by atoms with E-state index in [-0.39, 0.29) is 42.0 Å². The molecule has 4 N–H and O–H groups in total. The zero-order valence-electron chi connectivity index (χ0n) is 31.8. The molecule has 2 aliphatic rings. The van der Waals surface area contributed by atoms with Crippen LogP contribution in [0.4, 0.5) is 11.4 Å². The fraction of sp³-hybridized carbons (Fsp3) is 0.564. The van der Waals surface area contributed by atoms with Gasteiger partial charge in [-0.1, -0.05) is 24.6 Å². The maximum absolute atomic E-state index is 13.2. The first-order valence-electron chi connectivity index (χ1n) is 19.0. The van der Waals surface area contributed by atoms with Crippen LogP contribution in [-0.4, -0.2) is 140 Å². The summed E-state index contributed by atoms with van der Waals surface area (Å²) in [6.07, 6.45) is 2.45. The first-order valence-corrected chi connectivity index (χ1v) is 19.0. The van der Waals surface area contributed by atoms with E-state index in [2.05, 4.69) is 10.6 Å². The van der Waals surface area contributed by atoms with Gasteiger partial charge < -0.3 is 48.9 Å². The summed E-state index contributed by atoms with van der Waals surface area (Å²) >= 11 is 0. The zero-order valence-corrected chi connectivity index (χ0v) is 31.8. The first-order chi connectivity index (χ1) is 27.4. The molecule has 17 heteroatoms. The van der Waals surface area contributed by atoms with Gasteiger partial charge in [-0.3, -0.25) is 34.2 Å². The Labute approximate surface area is 326 Å². The summed E-state index contributed by atoms with van der Waals surface area (Å²) in [7, 11) is 0. The number of carbonyl (C=O) groups excluding carboxylic acids is 5. The van der Waals surface area contributed by atoms with Crippen LogP contribution in [0, 0.1) is 0 Å². The Balaban J connectivity index is 0.871. The van der Waals surface area contributed by atoms with Crippen molar-refractivity contribution in [3.8, 4) is 5.75 Å². The summed E-state index contributed by atoms with van der Waals surface area (Å²) in [5, 5.41) is 4.90. The molecule has 17 nitrogen and oxygen atoms in total. The number of carbonyl (C=O) groups is 5. The second-order valence-corrected chi connectivity index (χ2v) is 12.7. The van der Waals surface area contributed by atoms with Crippen LogP contribution in [0.2, 0.25) is 0 Å². The molecule has 2 heterocycles. The highest BCUT2D eigenvalue weighted by Crippen LogP contribution is 2.32. The third kappa shape index (κ3) is 15.2. The Hall–Kier alpha value is -4.49. The number of anilines is 2. The molecule has 2 aromatic rings. The lowest BCUT2D eigenvalue weighted by molar-refractivity contribution is -0.136. The van der Waals surface area contributed by atoms with Crippen molar-refractivity contribution in [3.05, 3.63) is 53.6 Å². The van der Waals surface area contributed by atoms with Gasteiger partial charge in [-0.25, -0.2) is 0 Å². The van der Waals surface area contributed by atoms with E-state index in [1.165, 1.54) is 6.07 Å². The van der Waals surface area contributed by atoms with E-state index >= 15 is 0 Å². The maximum Gasteiger partial charge on any atom is 0.264 e. The molecule has 1 unspecified atom stereocenters. The topological polar surface area (TPSA) is 213 Å². The van der Waals surface area contributed by atoms with Gasteiger partial charge in [0.05, 0.1) is 108 Å². The molecule has 0 bridgehead atoms. The summed E-state index contributed by atoms with van der Waals surface area (Å²) in [4.78, 5) is 63.5. The molecule has 0 spiro atoms. The minimum Gasteiger partial charge on any atom is -0.489 e. The van der Waals surface area contributed by atoms with Crippen molar-refractivity contribution in [1.29, 1.82) is 0 Å². The molecule has 308 valence electrons. The Bertz CT molecular complexity index is 1560. The van der Waals surface area contributed by atoms with E-state index in [1.54, 1.807) is 18.2 Å². The lowest BCUT2D eigenvalue weighted by Crippen LogP contribution is -2.54. The summed E-state index contributed by atoms with van der Waals surface area (Å²) < 4.78 is 44.1. The van der Waals surface area contributed by atoms with Gasteiger partial charge in [-0.05, 0) is 43.5 Å². The number of hydrogen-bond acceptors (Lipinski definition) is 14. The third-order valence-electron chi connectivity index (χ3n) is 8.57. The van der Waals surface area contributed by atoms with E-state index in [1.807, 2.05) is 18.2 Å². The number of unbranched alkanes of at least 4 members (excludes halogenated alkanes) is 2. The van der Waals surface area contributed by atoms with Crippen LogP contribution in [0.25, 0.3) is 0 Å². The van der Waals surface area contributed by atoms with Crippen LogP contribution < -0.4 is 21.1 Å². The van der Waals surface area contributed by atoms with E-state index in [0.29, 0.717) is 117 Å². The van der Waals surface area contributed by atoms with Crippen LogP contribution >= 0.6 is 0 Å². The molecule has 2 aliphatic heterocycles. The van der Waals surface area contributed by atoms with Crippen molar-refractivity contribution in [1.82, 2.24) is 10.2 Å². The molecule has 0 aromatic heterocycles. The monoisotopic (exact) mass is 786 g/mol. The highest BCUT2D eigenvalue weighted by atomic mass is 16.6. The summed E-state index contributed by atoms with van der Waals surface area (Å²) in [5.74, 6) is -2.06. The number of hydrogen-bond donors (Lipinski definition) is 3. The average molecular weight is 787 g/mol. The number of nitrogens with two attached hydrogens (primary N) is 1. The van der Waals surface area contributed by atoms with Crippen LogP contribution in [0.3, 0.4) is 0 Å². The Morgan fingerprint density at radius 2 is 1.21 bits per heavy atom. The fourth-order valence-electron chi connectivity index (χ4n) is 5.74. The highest BCUT2D eigenvalue weighted by molar-refractivity contribution is 6.26. The minimum absolute atomic E-state index is 0.0283. The van der Waals surface area contributed by atoms with Gasteiger partial charge in [0.2, 0.25) is 17.7 Å². The van der Waals surface area contributed by atoms with E-state index < -0.39 is 29.7 Å². The van der Waals surface area contributed by atoms with Crippen molar-refractivity contribution in [2.24, 2.45) is 0 Å². The predicted octanol–water partition coefficient (Wildman–Crippen LogP) is 2.36. The SMILES string of the molecule is Nc1ccccc1OCCOCCOCCOCCOCCOCCOCCOCCCCCC(=O)Nc1cccc2c1C(=O)N(C1CCC(=O)NC1=O)C2=O. The van der Waals surface area contributed by atoms with E-state index in [4.69, 9.17) is 43.6 Å². The molecule has 1 atom stereocenters. The number of nitrogens with zero attached hydrogens (tertiary/aromatic N) is 1. The molecule has 0 radical (unpaired) electrons.